The Hall–Kier alpha value is -1.89. The zero-order valence-electron chi connectivity index (χ0n) is 28.5. The monoisotopic (exact) mass is 662 g/mol. The number of fused-ring (bicyclic) bond motifs is 7. The molecule has 0 amide bonds. The van der Waals surface area contributed by atoms with Gasteiger partial charge in [0.1, 0.15) is 24.6 Å². The average molecular weight is 663 g/mol. The zero-order valence-corrected chi connectivity index (χ0v) is 28.5. The van der Waals surface area contributed by atoms with Crippen LogP contribution < -0.4 is 0 Å². The van der Waals surface area contributed by atoms with E-state index < -0.39 is 71.1 Å². The minimum absolute atomic E-state index is 0.0359. The molecule has 4 unspecified atom stereocenters. The number of rotatable bonds is 5. The Morgan fingerprint density at radius 3 is 2.15 bits per heavy atom. The average Bonchev–Trinajstić information content (AvgIpc) is 2.98. The molecule has 0 aromatic rings. The molecule has 0 radical (unpaired) electrons. The van der Waals surface area contributed by atoms with E-state index in [0.29, 0.717) is 25.7 Å². The molecule has 1 aliphatic heterocycles. The van der Waals surface area contributed by atoms with E-state index >= 15 is 0 Å². The second-order valence-corrected chi connectivity index (χ2v) is 17.7. The lowest BCUT2D eigenvalue weighted by Crippen LogP contribution is -2.69. The number of carboxylic acid groups (broad SMARTS) is 2. The molecule has 0 spiro atoms. The number of aliphatic carboxylic acids is 2. The molecule has 0 aromatic heterocycles. The molecule has 0 bridgehead atoms. The summed E-state index contributed by atoms with van der Waals surface area (Å²) in [6, 6.07) is 0. The highest BCUT2D eigenvalue weighted by atomic mass is 16.7. The van der Waals surface area contributed by atoms with Crippen LogP contribution in [0.5, 0.6) is 0 Å². The number of hydrogen-bond acceptors (Lipinski definition) is 9. The van der Waals surface area contributed by atoms with Crippen molar-refractivity contribution in [3.05, 3.63) is 11.6 Å². The summed E-state index contributed by atoms with van der Waals surface area (Å²) in [5.41, 5.74) is -1.64. The Morgan fingerprint density at radius 1 is 0.872 bits per heavy atom. The van der Waals surface area contributed by atoms with Crippen molar-refractivity contribution in [3.63, 3.8) is 0 Å². The van der Waals surface area contributed by atoms with Gasteiger partial charge in [0, 0.05) is 0 Å². The smallest absolute Gasteiger partial charge is 0.335 e. The van der Waals surface area contributed by atoms with Gasteiger partial charge in [0.2, 0.25) is 0 Å². The topological polar surface area (TPSA) is 191 Å². The van der Waals surface area contributed by atoms with Crippen molar-refractivity contribution in [2.45, 2.75) is 142 Å². The van der Waals surface area contributed by atoms with Crippen molar-refractivity contribution in [2.24, 2.45) is 50.2 Å². The number of aliphatic hydroxyl groups is 4. The van der Waals surface area contributed by atoms with Gasteiger partial charge in [0.25, 0.3) is 0 Å². The third-order valence-electron chi connectivity index (χ3n) is 15.0. The van der Waals surface area contributed by atoms with Crippen LogP contribution >= 0.6 is 0 Å². The van der Waals surface area contributed by atoms with E-state index in [9.17, 15) is 45.0 Å². The molecule has 15 atom stereocenters. The standard InChI is InChI=1S/C36H54O11/c1-31(2)11-13-36(30(44)45)14-12-34(5)18(19(36)15-31)7-8-22-32(3)16-20(38)27(33(4,17-37)21(32)9-10-35(22,34)6)47-29-25(41)23(39)24(40)26(46-29)28(42)43/h7,17,19-27,29,38-41H,8-16H2,1-6H3,(H,42,43)(H,44,45)/t19?,20-,21?,22?,23-,24-,25+,26-,27?,29-,32-,33-,34+,35+,36-/m0/s1. The van der Waals surface area contributed by atoms with Crippen molar-refractivity contribution in [3.8, 4) is 0 Å². The molecule has 0 aromatic carbocycles. The van der Waals surface area contributed by atoms with Gasteiger partial charge in [0.05, 0.1) is 23.0 Å². The first-order chi connectivity index (χ1) is 21.7. The Kier molecular flexibility index (Phi) is 8.22. The molecule has 264 valence electrons. The van der Waals surface area contributed by atoms with Crippen LogP contribution in [0.2, 0.25) is 0 Å². The normalized spacial score (nSPS) is 53.7. The molecule has 6 N–H and O–H groups in total. The fourth-order valence-corrected chi connectivity index (χ4v) is 12.2. The van der Waals surface area contributed by atoms with Gasteiger partial charge in [-0.3, -0.25) is 4.79 Å². The van der Waals surface area contributed by atoms with Crippen LogP contribution in [0.25, 0.3) is 0 Å². The largest absolute Gasteiger partial charge is 0.481 e. The van der Waals surface area contributed by atoms with Gasteiger partial charge >= 0.3 is 11.9 Å². The van der Waals surface area contributed by atoms with Crippen molar-refractivity contribution >= 4 is 18.2 Å². The summed E-state index contributed by atoms with van der Waals surface area (Å²) in [6.07, 6.45) is -2.08. The zero-order chi connectivity index (χ0) is 34.7. The van der Waals surface area contributed by atoms with Crippen LogP contribution in [-0.2, 0) is 23.9 Å². The van der Waals surface area contributed by atoms with Crippen molar-refractivity contribution in [1.29, 1.82) is 0 Å². The summed E-state index contributed by atoms with van der Waals surface area (Å²) in [6.45, 7) is 13.1. The first-order valence-corrected chi connectivity index (χ1v) is 17.4. The van der Waals surface area contributed by atoms with Crippen molar-refractivity contribution in [2.75, 3.05) is 0 Å². The second kappa shape index (κ2) is 11.1. The Morgan fingerprint density at radius 2 is 1.53 bits per heavy atom. The van der Waals surface area contributed by atoms with Gasteiger partial charge in [-0.15, -0.1) is 0 Å². The number of hydrogen-bond donors (Lipinski definition) is 6. The Bertz CT molecular complexity index is 1350. The van der Waals surface area contributed by atoms with Gasteiger partial charge in [-0.1, -0.05) is 53.2 Å². The number of aldehydes is 1. The molecule has 1 heterocycles. The lowest BCUT2D eigenvalue weighted by molar-refractivity contribution is -0.332. The van der Waals surface area contributed by atoms with Crippen LogP contribution in [0.3, 0.4) is 0 Å². The van der Waals surface area contributed by atoms with E-state index in [2.05, 4.69) is 40.7 Å². The summed E-state index contributed by atoms with van der Waals surface area (Å²) >= 11 is 0. The lowest BCUT2D eigenvalue weighted by Gasteiger charge is -2.71. The highest BCUT2D eigenvalue weighted by Gasteiger charge is 2.71. The molecule has 4 saturated carbocycles. The van der Waals surface area contributed by atoms with E-state index in [0.717, 1.165) is 32.0 Å². The molecule has 1 saturated heterocycles. The molecule has 5 aliphatic carbocycles. The maximum Gasteiger partial charge on any atom is 0.335 e. The fourth-order valence-electron chi connectivity index (χ4n) is 12.2. The van der Waals surface area contributed by atoms with Gasteiger partial charge in [-0.05, 0) is 97.2 Å². The van der Waals surface area contributed by atoms with Crippen LogP contribution in [-0.4, -0.2) is 91.8 Å². The summed E-state index contributed by atoms with van der Waals surface area (Å²) in [5, 5.41) is 63.1. The van der Waals surface area contributed by atoms with Crippen LogP contribution in [0.1, 0.15) is 99.3 Å². The summed E-state index contributed by atoms with van der Waals surface area (Å²) in [4.78, 5) is 37.8. The van der Waals surface area contributed by atoms with E-state index in [1.807, 2.05) is 0 Å². The quantitative estimate of drug-likeness (QED) is 0.144. The first-order valence-electron chi connectivity index (χ1n) is 17.4. The number of aliphatic hydroxyl groups excluding tert-OH is 4. The van der Waals surface area contributed by atoms with Gasteiger partial charge in [0.15, 0.2) is 12.4 Å². The van der Waals surface area contributed by atoms with Gasteiger partial charge in [-0.2, -0.15) is 0 Å². The third kappa shape index (κ3) is 4.69. The van der Waals surface area contributed by atoms with Crippen LogP contribution in [0.4, 0.5) is 0 Å². The lowest BCUT2D eigenvalue weighted by atomic mass is 9.33. The molecule has 6 aliphatic rings. The summed E-state index contributed by atoms with van der Waals surface area (Å²) < 4.78 is 11.5. The van der Waals surface area contributed by atoms with Crippen LogP contribution in [0.15, 0.2) is 11.6 Å². The first kappa shape index (κ1) is 35.0. The molecular formula is C36H54O11. The Labute approximate surface area is 276 Å². The van der Waals surface area contributed by atoms with E-state index in [4.69, 9.17) is 9.47 Å². The molecule has 47 heavy (non-hydrogen) atoms. The maximum absolute atomic E-state index is 13.1. The van der Waals surface area contributed by atoms with Crippen LogP contribution in [0, 0.1) is 50.2 Å². The van der Waals surface area contributed by atoms with Crippen molar-refractivity contribution < 1.29 is 54.5 Å². The third-order valence-corrected chi connectivity index (χ3v) is 15.0. The number of allylic oxidation sites excluding steroid dienone is 2. The van der Waals surface area contributed by atoms with Crippen molar-refractivity contribution in [1.82, 2.24) is 0 Å². The van der Waals surface area contributed by atoms with E-state index in [-0.39, 0.29) is 40.4 Å². The molecule has 5 fully saturated rings. The SMILES string of the molecule is CC1(C)CC[C@]2(C(=O)O)CC[C@]3(C)C(=CCC4[C@@]5(C)C[C@H](O)C(O[C@@H]6O[C@H](C(=O)O)[C@@H](O)[C@H](O)[C@H]6O)[C@@](C)(C=O)C5CC[C@]43C)C2C1. The van der Waals surface area contributed by atoms with E-state index in [1.165, 1.54) is 5.57 Å². The minimum Gasteiger partial charge on any atom is -0.481 e. The molecule has 11 nitrogen and oxygen atoms in total. The second-order valence-electron chi connectivity index (χ2n) is 17.7. The number of carboxylic acids is 2. The fraction of sp³-hybridized carbons (Fsp3) is 0.861. The number of carbonyl (C=O) groups excluding carboxylic acids is 1. The number of ether oxygens (including phenoxy) is 2. The summed E-state index contributed by atoms with van der Waals surface area (Å²) in [5.74, 6) is -2.42. The predicted octanol–water partition coefficient (Wildman–Crippen LogP) is 3.30. The highest BCUT2D eigenvalue weighted by molar-refractivity contribution is 5.76. The predicted molar refractivity (Wildman–Crippen MR) is 168 cm³/mol. The Balaban J connectivity index is 1.34. The molecule has 11 heteroatoms. The van der Waals surface area contributed by atoms with E-state index in [1.54, 1.807) is 6.92 Å². The molecule has 6 rings (SSSR count). The van der Waals surface area contributed by atoms with Gasteiger partial charge < -0.3 is 44.9 Å². The highest BCUT2D eigenvalue weighted by Crippen LogP contribution is 2.75. The maximum atomic E-state index is 13.1. The number of carbonyl (C=O) groups is 3. The minimum atomic E-state index is -1.89. The summed E-state index contributed by atoms with van der Waals surface area (Å²) in [7, 11) is 0. The van der Waals surface area contributed by atoms with Gasteiger partial charge in [-0.25, -0.2) is 4.79 Å². The molecular weight excluding hydrogens is 608 g/mol.